The molecule has 1 rings (SSSR count). The maximum absolute atomic E-state index is 11.5. The van der Waals surface area contributed by atoms with Crippen LogP contribution in [0.4, 0.5) is 0 Å². The molecule has 1 aliphatic heterocycles. The first-order valence-corrected chi connectivity index (χ1v) is 5.32. The van der Waals surface area contributed by atoms with Gasteiger partial charge in [-0.2, -0.15) is 0 Å². The van der Waals surface area contributed by atoms with E-state index in [9.17, 15) is 4.79 Å². The van der Waals surface area contributed by atoms with Crippen molar-refractivity contribution in [3.8, 4) is 0 Å². The number of thiocarbonyl (C=S) groups is 1. The minimum Gasteiger partial charge on any atom is -0.393 e. The monoisotopic (exact) mass is 215 g/mol. The number of carbonyl (C=O) groups excluding carboxylic acids is 1. The molecule has 1 fully saturated rings. The van der Waals surface area contributed by atoms with Gasteiger partial charge < -0.3 is 15.5 Å². The molecular weight excluding hydrogens is 198 g/mol. The minimum atomic E-state index is 0.0632. The number of rotatable bonds is 3. The topological polar surface area (TPSA) is 49.6 Å². The third-order valence-electron chi connectivity index (χ3n) is 2.50. The highest BCUT2D eigenvalue weighted by molar-refractivity contribution is 7.80. The first-order chi connectivity index (χ1) is 6.63. The van der Waals surface area contributed by atoms with Crippen LogP contribution in [0, 0.1) is 0 Å². The van der Waals surface area contributed by atoms with E-state index in [1.807, 2.05) is 4.90 Å². The normalized spacial score (nSPS) is 18.2. The molecule has 4 nitrogen and oxygen atoms in total. The Balaban J connectivity index is 2.34. The fourth-order valence-corrected chi connectivity index (χ4v) is 1.70. The highest BCUT2D eigenvalue weighted by Gasteiger charge is 2.19. The van der Waals surface area contributed by atoms with Crippen LogP contribution in [0.25, 0.3) is 0 Å². The maximum atomic E-state index is 11.5. The lowest BCUT2D eigenvalue weighted by Gasteiger charge is -2.34. The van der Waals surface area contributed by atoms with Gasteiger partial charge in [0.25, 0.3) is 0 Å². The third-order valence-corrected chi connectivity index (χ3v) is 2.64. The Morgan fingerprint density at radius 3 is 2.36 bits per heavy atom. The molecule has 0 aliphatic carbocycles. The molecule has 5 heteroatoms. The Morgan fingerprint density at radius 1 is 1.36 bits per heavy atom. The van der Waals surface area contributed by atoms with Crippen LogP contribution >= 0.6 is 12.2 Å². The van der Waals surface area contributed by atoms with Gasteiger partial charge in [-0.15, -0.1) is 0 Å². The van der Waals surface area contributed by atoms with Crippen LogP contribution in [0.3, 0.4) is 0 Å². The predicted molar refractivity (Wildman–Crippen MR) is 60.1 cm³/mol. The van der Waals surface area contributed by atoms with Crippen molar-refractivity contribution < 1.29 is 4.79 Å². The molecule has 0 saturated carbocycles. The van der Waals surface area contributed by atoms with Crippen LogP contribution < -0.4 is 5.73 Å². The van der Waals surface area contributed by atoms with Crippen molar-refractivity contribution in [1.82, 2.24) is 9.80 Å². The van der Waals surface area contributed by atoms with Gasteiger partial charge in [-0.3, -0.25) is 4.79 Å². The van der Waals surface area contributed by atoms with Gasteiger partial charge in [0.2, 0.25) is 5.91 Å². The van der Waals surface area contributed by atoms with Crippen LogP contribution in [-0.4, -0.2) is 53.4 Å². The number of amides is 1. The van der Waals surface area contributed by atoms with Crippen molar-refractivity contribution in [1.29, 1.82) is 0 Å². The van der Waals surface area contributed by atoms with Crippen LogP contribution in [0.2, 0.25) is 0 Å². The van der Waals surface area contributed by atoms with E-state index in [1.54, 1.807) is 0 Å². The predicted octanol–water partition coefficient (Wildman–Crippen LogP) is -0.173. The summed E-state index contributed by atoms with van der Waals surface area (Å²) in [4.78, 5) is 16.0. The third kappa shape index (κ3) is 3.23. The molecule has 1 aliphatic rings. The van der Waals surface area contributed by atoms with Crippen molar-refractivity contribution >= 4 is 23.1 Å². The molecule has 1 saturated heterocycles. The molecule has 0 radical (unpaired) electrons. The standard InChI is InChI=1S/C9H17N3OS/c1-2-11-3-5-12(6-4-11)9(13)7-8(10)14/h2-7H2,1H3,(H2,10,14). The van der Waals surface area contributed by atoms with E-state index in [2.05, 4.69) is 11.8 Å². The number of likely N-dealkylation sites (N-methyl/N-ethyl adjacent to an activating group) is 1. The maximum Gasteiger partial charge on any atom is 0.229 e. The molecule has 2 N–H and O–H groups in total. The first kappa shape index (κ1) is 11.4. The van der Waals surface area contributed by atoms with Crippen molar-refractivity contribution in [2.75, 3.05) is 32.7 Å². The van der Waals surface area contributed by atoms with Gasteiger partial charge >= 0.3 is 0 Å². The van der Waals surface area contributed by atoms with Crippen molar-refractivity contribution in [2.24, 2.45) is 5.73 Å². The van der Waals surface area contributed by atoms with E-state index in [1.165, 1.54) is 0 Å². The van der Waals surface area contributed by atoms with E-state index in [0.29, 0.717) is 0 Å². The zero-order valence-electron chi connectivity index (χ0n) is 8.53. The number of hydrogen-bond donors (Lipinski definition) is 1. The van der Waals surface area contributed by atoms with Gasteiger partial charge in [-0.25, -0.2) is 0 Å². The smallest absolute Gasteiger partial charge is 0.229 e. The quantitative estimate of drug-likeness (QED) is 0.664. The van der Waals surface area contributed by atoms with Gasteiger partial charge in [0.1, 0.15) is 0 Å². The van der Waals surface area contributed by atoms with Crippen LogP contribution in [0.1, 0.15) is 13.3 Å². The molecule has 0 bridgehead atoms. The summed E-state index contributed by atoms with van der Waals surface area (Å²) >= 11 is 4.71. The summed E-state index contributed by atoms with van der Waals surface area (Å²) in [6.45, 7) is 6.70. The summed E-state index contributed by atoms with van der Waals surface area (Å²) in [6.07, 6.45) is 0.210. The van der Waals surface area contributed by atoms with Crippen LogP contribution in [0.5, 0.6) is 0 Å². The zero-order chi connectivity index (χ0) is 10.6. The first-order valence-electron chi connectivity index (χ1n) is 4.92. The highest BCUT2D eigenvalue weighted by Crippen LogP contribution is 2.03. The fraction of sp³-hybridized carbons (Fsp3) is 0.778. The Hall–Kier alpha value is -0.680. The number of piperazine rings is 1. The second-order valence-electron chi connectivity index (χ2n) is 3.46. The Morgan fingerprint density at radius 2 is 1.93 bits per heavy atom. The molecule has 0 unspecified atom stereocenters. The molecule has 0 aromatic carbocycles. The second-order valence-corrected chi connectivity index (χ2v) is 3.98. The molecule has 1 heterocycles. The summed E-state index contributed by atoms with van der Waals surface area (Å²) in [6, 6.07) is 0. The fourth-order valence-electron chi connectivity index (χ4n) is 1.57. The lowest BCUT2D eigenvalue weighted by molar-refractivity contribution is -0.131. The van der Waals surface area contributed by atoms with Crippen LogP contribution in [0.15, 0.2) is 0 Å². The van der Waals surface area contributed by atoms with Crippen LogP contribution in [-0.2, 0) is 4.79 Å². The average Bonchev–Trinajstić information content (AvgIpc) is 2.17. The second kappa shape index (κ2) is 5.26. The average molecular weight is 215 g/mol. The highest BCUT2D eigenvalue weighted by atomic mass is 32.1. The van der Waals surface area contributed by atoms with E-state index < -0.39 is 0 Å². The van der Waals surface area contributed by atoms with E-state index in [-0.39, 0.29) is 17.3 Å². The molecule has 0 spiro atoms. The summed E-state index contributed by atoms with van der Waals surface area (Å²) in [7, 11) is 0. The molecule has 80 valence electrons. The number of carbonyl (C=O) groups is 1. The molecule has 14 heavy (non-hydrogen) atoms. The number of nitrogens with zero attached hydrogens (tertiary/aromatic N) is 2. The zero-order valence-corrected chi connectivity index (χ0v) is 9.35. The Bertz CT molecular complexity index is 224. The molecule has 0 aromatic heterocycles. The van der Waals surface area contributed by atoms with E-state index in [0.717, 1.165) is 32.7 Å². The summed E-state index contributed by atoms with van der Waals surface area (Å²) in [5.74, 6) is 0.0632. The van der Waals surface area contributed by atoms with Crippen molar-refractivity contribution in [3.63, 3.8) is 0 Å². The largest absolute Gasteiger partial charge is 0.393 e. The molecule has 0 atom stereocenters. The molecular formula is C9H17N3OS. The summed E-state index contributed by atoms with van der Waals surface area (Å²) in [5, 5.41) is 0. The summed E-state index contributed by atoms with van der Waals surface area (Å²) < 4.78 is 0. The van der Waals surface area contributed by atoms with Gasteiger partial charge in [0.15, 0.2) is 0 Å². The minimum absolute atomic E-state index is 0.0632. The van der Waals surface area contributed by atoms with Gasteiger partial charge in [0, 0.05) is 26.2 Å². The van der Waals surface area contributed by atoms with Gasteiger partial charge in [0.05, 0.1) is 11.4 Å². The molecule has 0 aromatic rings. The lowest BCUT2D eigenvalue weighted by atomic mass is 10.3. The summed E-state index contributed by atoms with van der Waals surface area (Å²) in [5.41, 5.74) is 5.33. The van der Waals surface area contributed by atoms with Crippen molar-refractivity contribution in [2.45, 2.75) is 13.3 Å². The van der Waals surface area contributed by atoms with E-state index >= 15 is 0 Å². The van der Waals surface area contributed by atoms with Gasteiger partial charge in [-0.05, 0) is 6.54 Å². The van der Waals surface area contributed by atoms with Gasteiger partial charge in [-0.1, -0.05) is 19.1 Å². The lowest BCUT2D eigenvalue weighted by Crippen LogP contribution is -2.49. The number of nitrogens with two attached hydrogens (primary N) is 1. The Labute approximate surface area is 90.0 Å². The van der Waals surface area contributed by atoms with E-state index in [4.69, 9.17) is 18.0 Å². The molecule has 1 amide bonds. The van der Waals surface area contributed by atoms with Crippen molar-refractivity contribution in [3.05, 3.63) is 0 Å². The Kier molecular flexibility index (Phi) is 4.28. The number of hydrogen-bond acceptors (Lipinski definition) is 3. The SMILES string of the molecule is CCN1CCN(C(=O)CC(N)=S)CC1.